The molecule has 1 fully saturated rings. The van der Waals surface area contributed by atoms with E-state index >= 15 is 4.39 Å². The van der Waals surface area contributed by atoms with Crippen LogP contribution in [0.4, 0.5) is 21.5 Å². The summed E-state index contributed by atoms with van der Waals surface area (Å²) >= 11 is 0. The van der Waals surface area contributed by atoms with E-state index in [-0.39, 0.29) is 23.7 Å². The molecule has 7 heteroatoms. The number of nitrogen functional groups attached to an aromatic ring is 1. The van der Waals surface area contributed by atoms with Crippen LogP contribution in [0, 0.1) is 11.7 Å². The number of nitrogens with zero attached hydrogens (tertiary/aromatic N) is 1. The van der Waals surface area contributed by atoms with E-state index in [0.717, 1.165) is 5.69 Å². The van der Waals surface area contributed by atoms with E-state index in [1.54, 1.807) is 42.5 Å². The van der Waals surface area contributed by atoms with E-state index in [4.69, 9.17) is 5.73 Å². The van der Waals surface area contributed by atoms with Gasteiger partial charge < -0.3 is 21.3 Å². The molecule has 6 nitrogen and oxygen atoms in total. The molecule has 174 valence electrons. The maximum atomic E-state index is 15.1. The highest BCUT2D eigenvalue weighted by atomic mass is 19.1. The third-order valence-corrected chi connectivity index (χ3v) is 5.95. The Morgan fingerprint density at radius 3 is 2.47 bits per heavy atom. The van der Waals surface area contributed by atoms with Crippen molar-refractivity contribution < 1.29 is 14.0 Å². The molecule has 0 saturated carbocycles. The number of hydrogen-bond acceptors (Lipinski definition) is 4. The van der Waals surface area contributed by atoms with Crippen molar-refractivity contribution in [2.45, 2.75) is 5.92 Å². The van der Waals surface area contributed by atoms with Crippen molar-refractivity contribution in [3.63, 3.8) is 0 Å². The summed E-state index contributed by atoms with van der Waals surface area (Å²) in [5.74, 6) is -1.52. The van der Waals surface area contributed by atoms with Gasteiger partial charge in [-0.25, -0.2) is 4.39 Å². The van der Waals surface area contributed by atoms with Gasteiger partial charge in [-0.3, -0.25) is 9.59 Å². The highest BCUT2D eigenvalue weighted by molar-refractivity contribution is 6.03. The molecule has 0 spiro atoms. The molecular formula is C27H27FN4O2. The Morgan fingerprint density at radius 2 is 1.74 bits per heavy atom. The summed E-state index contributed by atoms with van der Waals surface area (Å²) in [5.41, 5.74) is 8.59. The van der Waals surface area contributed by atoms with Gasteiger partial charge in [-0.15, -0.1) is 0 Å². The minimum atomic E-state index is -0.396. The zero-order valence-electron chi connectivity index (χ0n) is 18.9. The van der Waals surface area contributed by atoms with Crippen molar-refractivity contribution in [2.24, 2.45) is 5.92 Å². The molecule has 1 heterocycles. The molecule has 0 bridgehead atoms. The van der Waals surface area contributed by atoms with Crippen molar-refractivity contribution in [1.29, 1.82) is 0 Å². The Morgan fingerprint density at radius 1 is 1.00 bits per heavy atom. The van der Waals surface area contributed by atoms with E-state index in [1.165, 1.54) is 12.1 Å². The number of carbonyl (C=O) groups is 2. The van der Waals surface area contributed by atoms with Crippen LogP contribution < -0.4 is 16.4 Å². The van der Waals surface area contributed by atoms with Gasteiger partial charge in [0.2, 0.25) is 11.8 Å². The number of amides is 2. The van der Waals surface area contributed by atoms with Crippen LogP contribution in [-0.2, 0) is 9.59 Å². The van der Waals surface area contributed by atoms with Gasteiger partial charge in [-0.2, -0.15) is 0 Å². The number of likely N-dealkylation sites (tertiary alicyclic amines) is 1. The van der Waals surface area contributed by atoms with Gasteiger partial charge in [-0.05, 0) is 54.6 Å². The van der Waals surface area contributed by atoms with Crippen LogP contribution >= 0.6 is 0 Å². The fourth-order valence-corrected chi connectivity index (χ4v) is 4.24. The molecule has 2 atom stereocenters. The molecule has 2 unspecified atom stereocenters. The quantitative estimate of drug-likeness (QED) is 0.379. The third kappa shape index (κ3) is 5.50. The lowest BCUT2D eigenvalue weighted by Gasteiger charge is -2.19. The van der Waals surface area contributed by atoms with Crippen LogP contribution in [0.25, 0.3) is 6.08 Å². The first-order chi connectivity index (χ1) is 16.4. The summed E-state index contributed by atoms with van der Waals surface area (Å²) in [4.78, 5) is 27.2. The Balaban J connectivity index is 1.46. The van der Waals surface area contributed by atoms with Gasteiger partial charge in [0.25, 0.3) is 0 Å². The first kappa shape index (κ1) is 23.2. The summed E-state index contributed by atoms with van der Waals surface area (Å²) in [6, 6.07) is 21.1. The molecule has 0 aliphatic carbocycles. The summed E-state index contributed by atoms with van der Waals surface area (Å²) in [7, 11) is 1.93. The van der Waals surface area contributed by atoms with E-state index in [9.17, 15) is 9.59 Å². The molecule has 0 radical (unpaired) electrons. The Hall–Kier alpha value is -3.97. The second kappa shape index (κ2) is 10.3. The van der Waals surface area contributed by atoms with E-state index in [2.05, 4.69) is 10.6 Å². The van der Waals surface area contributed by atoms with E-state index in [0.29, 0.717) is 35.6 Å². The van der Waals surface area contributed by atoms with Crippen molar-refractivity contribution in [1.82, 2.24) is 4.90 Å². The molecule has 4 rings (SSSR count). The number of carbonyl (C=O) groups excluding carboxylic acids is 2. The lowest BCUT2D eigenvalue weighted by atomic mass is 9.87. The predicted octanol–water partition coefficient (Wildman–Crippen LogP) is 4.34. The zero-order valence-corrected chi connectivity index (χ0v) is 18.9. The SMILES string of the molecule is CN1CC(C(=O)Nc2ccccc2)C(c2ccc(/C=C/C(=O)Nc3ccccc3N)cc2F)C1. The lowest BCUT2D eigenvalue weighted by molar-refractivity contribution is -0.119. The third-order valence-electron chi connectivity index (χ3n) is 5.95. The molecule has 0 aromatic heterocycles. The summed E-state index contributed by atoms with van der Waals surface area (Å²) in [6.07, 6.45) is 2.88. The molecule has 1 aliphatic heterocycles. The molecule has 1 saturated heterocycles. The smallest absolute Gasteiger partial charge is 0.248 e. The number of hydrogen-bond donors (Lipinski definition) is 3. The van der Waals surface area contributed by atoms with Crippen LogP contribution in [0.15, 0.2) is 78.9 Å². The first-order valence-electron chi connectivity index (χ1n) is 11.1. The van der Waals surface area contributed by atoms with Gasteiger partial charge in [0.15, 0.2) is 0 Å². The minimum absolute atomic E-state index is 0.124. The highest BCUT2D eigenvalue weighted by Crippen LogP contribution is 2.34. The zero-order chi connectivity index (χ0) is 24.1. The van der Waals surface area contributed by atoms with Crippen molar-refractivity contribution in [3.05, 3.63) is 95.8 Å². The second-order valence-electron chi connectivity index (χ2n) is 8.48. The van der Waals surface area contributed by atoms with E-state index in [1.807, 2.05) is 42.3 Å². The fourth-order valence-electron chi connectivity index (χ4n) is 4.24. The largest absolute Gasteiger partial charge is 0.397 e. The number of nitrogens with two attached hydrogens (primary N) is 1. The Kier molecular flexibility index (Phi) is 7.04. The standard InChI is InChI=1S/C27H27FN4O2/c1-32-16-21(22(17-32)27(34)30-19-7-3-2-4-8-19)20-13-11-18(15-23(20)28)12-14-26(33)31-25-10-6-5-9-24(25)29/h2-15,21-22H,16-17,29H2,1H3,(H,30,34)(H,31,33)/b14-12+. The van der Waals surface area contributed by atoms with Crippen LogP contribution in [0.3, 0.4) is 0 Å². The number of likely N-dealkylation sites (N-methyl/N-ethyl adjacent to an activating group) is 1. The summed E-state index contributed by atoms with van der Waals surface area (Å²) in [6.45, 7) is 1.13. The first-order valence-corrected chi connectivity index (χ1v) is 11.1. The predicted molar refractivity (Wildman–Crippen MR) is 134 cm³/mol. The second-order valence-corrected chi connectivity index (χ2v) is 8.48. The number of halogens is 1. The van der Waals surface area contributed by atoms with Gasteiger partial charge >= 0.3 is 0 Å². The average molecular weight is 459 g/mol. The molecule has 34 heavy (non-hydrogen) atoms. The summed E-state index contributed by atoms with van der Waals surface area (Å²) in [5, 5.41) is 5.64. The number of para-hydroxylation sites is 3. The Bertz CT molecular complexity index is 1210. The lowest BCUT2D eigenvalue weighted by Crippen LogP contribution is -2.28. The number of rotatable bonds is 6. The van der Waals surface area contributed by atoms with Crippen molar-refractivity contribution >= 4 is 35.0 Å². The van der Waals surface area contributed by atoms with Crippen molar-refractivity contribution in [2.75, 3.05) is 36.5 Å². The van der Waals surface area contributed by atoms with Crippen LogP contribution in [0.5, 0.6) is 0 Å². The molecule has 3 aromatic rings. The monoisotopic (exact) mass is 458 g/mol. The van der Waals surface area contributed by atoms with Crippen LogP contribution in [0.1, 0.15) is 17.0 Å². The molecule has 4 N–H and O–H groups in total. The molecular weight excluding hydrogens is 431 g/mol. The van der Waals surface area contributed by atoms with Crippen molar-refractivity contribution in [3.8, 4) is 0 Å². The summed E-state index contributed by atoms with van der Waals surface area (Å²) < 4.78 is 15.1. The number of nitrogens with one attached hydrogen (secondary N) is 2. The topological polar surface area (TPSA) is 87.5 Å². The van der Waals surface area contributed by atoms with Gasteiger partial charge in [0, 0.05) is 30.8 Å². The van der Waals surface area contributed by atoms with Gasteiger partial charge in [0.1, 0.15) is 5.82 Å². The van der Waals surface area contributed by atoms with Gasteiger partial charge in [-0.1, -0.05) is 42.5 Å². The molecule has 2 amide bonds. The van der Waals surface area contributed by atoms with E-state index < -0.39 is 5.82 Å². The highest BCUT2D eigenvalue weighted by Gasteiger charge is 2.38. The normalized spacial score (nSPS) is 18.2. The number of benzene rings is 3. The molecule has 1 aliphatic rings. The van der Waals surface area contributed by atoms with Crippen LogP contribution in [-0.4, -0.2) is 36.9 Å². The fraction of sp³-hybridized carbons (Fsp3) is 0.185. The molecule has 3 aromatic carbocycles. The maximum Gasteiger partial charge on any atom is 0.248 e. The average Bonchev–Trinajstić information content (AvgIpc) is 3.21. The van der Waals surface area contributed by atoms with Crippen LogP contribution in [0.2, 0.25) is 0 Å². The maximum absolute atomic E-state index is 15.1. The minimum Gasteiger partial charge on any atom is -0.397 e. The Labute approximate surface area is 198 Å². The number of anilines is 3. The van der Waals surface area contributed by atoms with Gasteiger partial charge in [0.05, 0.1) is 17.3 Å².